The van der Waals surface area contributed by atoms with Gasteiger partial charge >= 0.3 is 6.18 Å². The fourth-order valence-electron chi connectivity index (χ4n) is 1.66. The monoisotopic (exact) mass is 220 g/mol. The lowest BCUT2D eigenvalue weighted by Crippen LogP contribution is -2.11. The van der Waals surface area contributed by atoms with Gasteiger partial charge in [0, 0.05) is 5.02 Å². The van der Waals surface area contributed by atoms with Crippen LogP contribution in [0.15, 0.2) is 24.3 Å². The molecule has 2 atom stereocenters. The predicted octanol–water partition coefficient (Wildman–Crippen LogP) is 4.01. The quantitative estimate of drug-likeness (QED) is 0.671. The van der Waals surface area contributed by atoms with Gasteiger partial charge in [-0.15, -0.1) is 0 Å². The van der Waals surface area contributed by atoms with E-state index in [-0.39, 0.29) is 12.3 Å². The Morgan fingerprint density at radius 1 is 1.29 bits per heavy atom. The molecule has 1 fully saturated rings. The summed E-state index contributed by atoms with van der Waals surface area (Å²) in [6.07, 6.45) is -3.86. The smallest absolute Gasteiger partial charge is 0.171 e. The lowest BCUT2D eigenvalue weighted by molar-refractivity contribution is -0.148. The van der Waals surface area contributed by atoms with Gasteiger partial charge in [-0.25, -0.2) is 0 Å². The Morgan fingerprint density at radius 3 is 2.50 bits per heavy atom. The largest absolute Gasteiger partial charge is 0.392 e. The summed E-state index contributed by atoms with van der Waals surface area (Å²) in [5.74, 6) is -1.55. The number of alkyl halides is 3. The highest BCUT2D eigenvalue weighted by molar-refractivity contribution is 6.30. The molecular weight excluding hydrogens is 213 g/mol. The molecule has 4 heteroatoms. The maximum absolute atomic E-state index is 12.2. The number of hydrogen-bond donors (Lipinski definition) is 0. The first-order valence-electron chi connectivity index (χ1n) is 4.30. The summed E-state index contributed by atoms with van der Waals surface area (Å²) in [7, 11) is 0. The summed E-state index contributed by atoms with van der Waals surface area (Å²) >= 11 is 5.70. The first-order valence-corrected chi connectivity index (χ1v) is 4.68. The molecule has 1 aliphatic carbocycles. The molecule has 0 saturated heterocycles. The summed E-state index contributed by atoms with van der Waals surface area (Å²) in [5, 5.41) is 0.496. The van der Waals surface area contributed by atoms with Gasteiger partial charge in [0.1, 0.15) is 0 Å². The molecule has 0 bridgehead atoms. The zero-order valence-electron chi connectivity index (χ0n) is 7.18. The average molecular weight is 221 g/mol. The average Bonchev–Trinajstić information content (AvgIpc) is 2.81. The summed E-state index contributed by atoms with van der Waals surface area (Å²) in [4.78, 5) is 0. The standard InChI is InChI=1S/C10H8ClF3/c11-7-3-1-2-6(4-7)8-5-9(8)10(12,13)14/h1-4,8-9H,5H2. The van der Waals surface area contributed by atoms with Crippen molar-refractivity contribution in [2.45, 2.75) is 18.5 Å². The topological polar surface area (TPSA) is 0 Å². The SMILES string of the molecule is FC(F)(F)C1CC1c1cccc(Cl)c1. The van der Waals surface area contributed by atoms with Crippen LogP contribution in [-0.2, 0) is 0 Å². The van der Waals surface area contributed by atoms with Gasteiger partial charge in [-0.2, -0.15) is 13.2 Å². The Balaban J connectivity index is 2.14. The van der Waals surface area contributed by atoms with Gasteiger partial charge < -0.3 is 0 Å². The van der Waals surface area contributed by atoms with E-state index >= 15 is 0 Å². The van der Waals surface area contributed by atoms with Crippen LogP contribution in [0.2, 0.25) is 5.02 Å². The third kappa shape index (κ3) is 1.87. The van der Waals surface area contributed by atoms with Crippen LogP contribution in [0.3, 0.4) is 0 Å². The van der Waals surface area contributed by atoms with Crippen molar-refractivity contribution in [1.82, 2.24) is 0 Å². The highest BCUT2D eigenvalue weighted by atomic mass is 35.5. The molecule has 0 spiro atoms. The molecule has 1 saturated carbocycles. The second-order valence-electron chi connectivity index (χ2n) is 3.55. The van der Waals surface area contributed by atoms with Gasteiger partial charge in [0.15, 0.2) is 0 Å². The van der Waals surface area contributed by atoms with Crippen molar-refractivity contribution in [3.8, 4) is 0 Å². The Kier molecular flexibility index (Phi) is 2.22. The van der Waals surface area contributed by atoms with E-state index in [1.54, 1.807) is 24.3 Å². The molecule has 0 aliphatic heterocycles. The molecule has 76 valence electrons. The van der Waals surface area contributed by atoms with Crippen LogP contribution >= 0.6 is 11.6 Å². The Bertz CT molecular complexity index is 345. The van der Waals surface area contributed by atoms with E-state index < -0.39 is 12.1 Å². The van der Waals surface area contributed by atoms with Gasteiger partial charge in [-0.1, -0.05) is 23.7 Å². The molecule has 0 aromatic heterocycles. The van der Waals surface area contributed by atoms with Crippen molar-refractivity contribution in [3.63, 3.8) is 0 Å². The second kappa shape index (κ2) is 3.16. The van der Waals surface area contributed by atoms with Crippen molar-refractivity contribution in [3.05, 3.63) is 34.9 Å². The molecule has 1 aromatic carbocycles. The van der Waals surface area contributed by atoms with Crippen LogP contribution in [0.4, 0.5) is 13.2 Å². The van der Waals surface area contributed by atoms with Crippen molar-refractivity contribution in [1.29, 1.82) is 0 Å². The zero-order chi connectivity index (χ0) is 10.3. The van der Waals surface area contributed by atoms with Crippen LogP contribution in [0, 0.1) is 5.92 Å². The second-order valence-corrected chi connectivity index (χ2v) is 3.98. The first kappa shape index (κ1) is 9.84. The predicted molar refractivity (Wildman–Crippen MR) is 48.4 cm³/mol. The Morgan fingerprint density at radius 2 is 2.00 bits per heavy atom. The molecule has 2 unspecified atom stereocenters. The van der Waals surface area contributed by atoms with Gasteiger partial charge in [0.2, 0.25) is 0 Å². The van der Waals surface area contributed by atoms with E-state index in [4.69, 9.17) is 11.6 Å². The molecule has 0 nitrogen and oxygen atoms in total. The third-order valence-electron chi connectivity index (χ3n) is 2.49. The molecule has 0 heterocycles. The summed E-state index contributed by atoms with van der Waals surface area (Å²) in [6.45, 7) is 0. The van der Waals surface area contributed by atoms with Crippen molar-refractivity contribution in [2.24, 2.45) is 5.92 Å². The minimum atomic E-state index is -4.06. The maximum Gasteiger partial charge on any atom is 0.392 e. The Labute approximate surface area is 84.7 Å². The molecular formula is C10H8ClF3. The van der Waals surface area contributed by atoms with Crippen LogP contribution in [0.1, 0.15) is 17.9 Å². The number of benzene rings is 1. The maximum atomic E-state index is 12.2. The Hall–Kier alpha value is -0.700. The molecule has 1 aromatic rings. The van der Waals surface area contributed by atoms with Gasteiger partial charge in [0.05, 0.1) is 5.92 Å². The van der Waals surface area contributed by atoms with Crippen LogP contribution in [0.25, 0.3) is 0 Å². The summed E-state index contributed by atoms with van der Waals surface area (Å²) < 4.78 is 36.7. The normalized spacial score (nSPS) is 26.3. The molecule has 14 heavy (non-hydrogen) atoms. The number of rotatable bonds is 1. The molecule has 1 aliphatic rings. The van der Waals surface area contributed by atoms with Gasteiger partial charge in [-0.3, -0.25) is 0 Å². The van der Waals surface area contributed by atoms with Crippen LogP contribution in [-0.4, -0.2) is 6.18 Å². The highest BCUT2D eigenvalue weighted by Crippen LogP contribution is 2.56. The van der Waals surface area contributed by atoms with Crippen LogP contribution in [0.5, 0.6) is 0 Å². The van der Waals surface area contributed by atoms with E-state index in [1.165, 1.54) is 0 Å². The number of halogens is 4. The zero-order valence-corrected chi connectivity index (χ0v) is 7.94. The van der Waals surface area contributed by atoms with E-state index in [2.05, 4.69) is 0 Å². The lowest BCUT2D eigenvalue weighted by atomic mass is 10.1. The van der Waals surface area contributed by atoms with Gasteiger partial charge in [-0.05, 0) is 30.0 Å². The van der Waals surface area contributed by atoms with E-state index in [0.29, 0.717) is 10.6 Å². The third-order valence-corrected chi connectivity index (χ3v) is 2.72. The van der Waals surface area contributed by atoms with Crippen LogP contribution < -0.4 is 0 Å². The fraction of sp³-hybridized carbons (Fsp3) is 0.400. The minimum Gasteiger partial charge on any atom is -0.171 e. The molecule has 2 rings (SSSR count). The van der Waals surface area contributed by atoms with E-state index in [9.17, 15) is 13.2 Å². The number of hydrogen-bond acceptors (Lipinski definition) is 0. The van der Waals surface area contributed by atoms with E-state index in [0.717, 1.165) is 0 Å². The molecule has 0 amide bonds. The van der Waals surface area contributed by atoms with Gasteiger partial charge in [0.25, 0.3) is 0 Å². The van der Waals surface area contributed by atoms with Crippen molar-refractivity contribution in [2.75, 3.05) is 0 Å². The van der Waals surface area contributed by atoms with E-state index in [1.807, 2.05) is 0 Å². The first-order chi connectivity index (χ1) is 6.48. The van der Waals surface area contributed by atoms with Crippen molar-refractivity contribution >= 4 is 11.6 Å². The minimum absolute atomic E-state index is 0.198. The fourth-order valence-corrected chi connectivity index (χ4v) is 1.86. The highest BCUT2D eigenvalue weighted by Gasteiger charge is 2.56. The molecule has 0 N–H and O–H groups in total. The summed E-state index contributed by atoms with van der Waals surface area (Å²) in [6, 6.07) is 6.65. The van der Waals surface area contributed by atoms with Crippen molar-refractivity contribution < 1.29 is 13.2 Å². The molecule has 0 radical (unpaired) electrons. The lowest BCUT2D eigenvalue weighted by Gasteiger charge is -2.05. The summed E-state index contributed by atoms with van der Waals surface area (Å²) in [5.41, 5.74) is 0.694.